The molecule has 0 amide bonds. The zero-order valence-electron chi connectivity index (χ0n) is 11.2. The molecule has 2 aromatic heterocycles. The molecule has 2 heterocycles. The molecule has 0 saturated heterocycles. The van der Waals surface area contributed by atoms with Crippen molar-refractivity contribution in [3.63, 3.8) is 0 Å². The zero-order chi connectivity index (χ0) is 13.1. The zero-order valence-corrected chi connectivity index (χ0v) is 11.2. The normalized spacial score (nSPS) is 20.6. The summed E-state index contributed by atoms with van der Waals surface area (Å²) in [6.45, 7) is 2.13. The second-order valence-corrected chi connectivity index (χ2v) is 5.20. The van der Waals surface area contributed by atoms with Crippen LogP contribution in [0.5, 0.6) is 0 Å². The highest BCUT2D eigenvalue weighted by Gasteiger charge is 2.19. The molecule has 100 valence electrons. The smallest absolute Gasteiger partial charge is 0.124 e. The molecule has 0 fully saturated rings. The number of aromatic nitrogens is 2. The third-order valence-electron chi connectivity index (χ3n) is 3.86. The Hall–Kier alpha value is -1.68. The number of fused-ring (bicyclic) bond motifs is 1. The molecule has 2 atom stereocenters. The molecule has 1 aliphatic rings. The van der Waals surface area contributed by atoms with Crippen LogP contribution in [-0.4, -0.2) is 16.2 Å². The van der Waals surface area contributed by atoms with Crippen molar-refractivity contribution in [3.05, 3.63) is 47.6 Å². The summed E-state index contributed by atoms with van der Waals surface area (Å²) in [6.07, 6.45) is 7.96. The number of hydrogen-bond acceptors (Lipinski definition) is 4. The van der Waals surface area contributed by atoms with Gasteiger partial charge in [-0.2, -0.15) is 0 Å². The van der Waals surface area contributed by atoms with E-state index < -0.39 is 0 Å². The van der Waals surface area contributed by atoms with Gasteiger partial charge in [0.25, 0.3) is 0 Å². The van der Waals surface area contributed by atoms with E-state index in [0.717, 1.165) is 31.4 Å². The largest absolute Gasteiger partial charge is 0.364 e. The molecule has 0 aromatic carbocycles. The van der Waals surface area contributed by atoms with Crippen molar-refractivity contribution < 1.29 is 4.52 Å². The SMILES string of the molecule is CC(NC1CCc2cccnc2CC1)c1ccon1. The summed E-state index contributed by atoms with van der Waals surface area (Å²) in [5.74, 6) is 0. The van der Waals surface area contributed by atoms with E-state index in [2.05, 4.69) is 28.4 Å². The van der Waals surface area contributed by atoms with E-state index in [-0.39, 0.29) is 6.04 Å². The molecular weight excluding hydrogens is 238 g/mol. The summed E-state index contributed by atoms with van der Waals surface area (Å²) in [5, 5.41) is 7.64. The lowest BCUT2D eigenvalue weighted by Gasteiger charge is -2.20. The van der Waals surface area contributed by atoms with E-state index in [1.165, 1.54) is 11.3 Å². The van der Waals surface area contributed by atoms with Gasteiger partial charge < -0.3 is 9.84 Å². The third kappa shape index (κ3) is 2.84. The van der Waals surface area contributed by atoms with E-state index in [1.807, 2.05) is 18.3 Å². The highest BCUT2D eigenvalue weighted by Crippen LogP contribution is 2.21. The lowest BCUT2D eigenvalue weighted by atomic mass is 10.1. The average Bonchev–Trinajstić information content (AvgIpc) is 2.90. The first-order valence-electron chi connectivity index (χ1n) is 6.92. The van der Waals surface area contributed by atoms with E-state index >= 15 is 0 Å². The summed E-state index contributed by atoms with van der Waals surface area (Å²) >= 11 is 0. The number of pyridine rings is 1. The first-order valence-corrected chi connectivity index (χ1v) is 6.92. The minimum absolute atomic E-state index is 0.234. The molecule has 4 nitrogen and oxygen atoms in total. The van der Waals surface area contributed by atoms with Gasteiger partial charge in [-0.3, -0.25) is 4.98 Å². The fourth-order valence-corrected chi connectivity index (χ4v) is 2.76. The van der Waals surface area contributed by atoms with Crippen LogP contribution in [0.3, 0.4) is 0 Å². The van der Waals surface area contributed by atoms with Crippen molar-refractivity contribution in [2.24, 2.45) is 0 Å². The topological polar surface area (TPSA) is 51.0 Å². The maximum Gasteiger partial charge on any atom is 0.124 e. The molecule has 2 unspecified atom stereocenters. The Bertz CT molecular complexity index is 497. The Balaban J connectivity index is 1.63. The van der Waals surface area contributed by atoms with Crippen LogP contribution in [0, 0.1) is 0 Å². The third-order valence-corrected chi connectivity index (χ3v) is 3.86. The van der Waals surface area contributed by atoms with Gasteiger partial charge >= 0.3 is 0 Å². The summed E-state index contributed by atoms with van der Waals surface area (Å²) < 4.78 is 4.90. The Morgan fingerprint density at radius 1 is 1.32 bits per heavy atom. The Morgan fingerprint density at radius 2 is 2.21 bits per heavy atom. The van der Waals surface area contributed by atoms with E-state index in [0.29, 0.717) is 6.04 Å². The van der Waals surface area contributed by atoms with Crippen molar-refractivity contribution in [1.29, 1.82) is 0 Å². The standard InChI is InChI=1S/C15H19N3O/c1-11(14-8-10-19-18-14)17-13-5-4-12-3-2-9-16-15(12)7-6-13/h2-3,8-11,13,17H,4-7H2,1H3. The van der Waals surface area contributed by atoms with Crippen LogP contribution in [-0.2, 0) is 12.8 Å². The number of aryl methyl sites for hydroxylation is 2. The van der Waals surface area contributed by atoms with Gasteiger partial charge in [-0.05, 0) is 44.2 Å². The Kier molecular flexibility index (Phi) is 3.60. The molecule has 2 aromatic rings. The molecule has 0 radical (unpaired) electrons. The van der Waals surface area contributed by atoms with Gasteiger partial charge in [-0.25, -0.2) is 0 Å². The number of nitrogens with zero attached hydrogens (tertiary/aromatic N) is 2. The predicted molar refractivity (Wildman–Crippen MR) is 72.7 cm³/mol. The summed E-state index contributed by atoms with van der Waals surface area (Å²) in [7, 11) is 0. The minimum Gasteiger partial charge on any atom is -0.364 e. The molecule has 0 aliphatic heterocycles. The maximum absolute atomic E-state index is 4.90. The second-order valence-electron chi connectivity index (χ2n) is 5.20. The lowest BCUT2D eigenvalue weighted by Crippen LogP contribution is -2.31. The van der Waals surface area contributed by atoms with E-state index in [1.54, 1.807) is 6.26 Å². The van der Waals surface area contributed by atoms with E-state index in [4.69, 9.17) is 4.52 Å². The summed E-state index contributed by atoms with van der Waals surface area (Å²) in [4.78, 5) is 4.49. The molecule has 1 N–H and O–H groups in total. The summed E-state index contributed by atoms with van der Waals surface area (Å²) in [6, 6.07) is 6.90. The van der Waals surface area contributed by atoms with E-state index in [9.17, 15) is 0 Å². The number of nitrogens with one attached hydrogen (secondary N) is 1. The van der Waals surface area contributed by atoms with Crippen LogP contribution < -0.4 is 5.32 Å². The fraction of sp³-hybridized carbons (Fsp3) is 0.467. The van der Waals surface area contributed by atoms with Gasteiger partial charge in [0, 0.05) is 24.0 Å². The van der Waals surface area contributed by atoms with Gasteiger partial charge in [0.15, 0.2) is 0 Å². The predicted octanol–water partition coefficient (Wildman–Crippen LogP) is 2.67. The first kappa shape index (κ1) is 12.4. The van der Waals surface area contributed by atoms with Crippen molar-refractivity contribution in [2.45, 2.75) is 44.7 Å². The quantitative estimate of drug-likeness (QED) is 0.859. The number of rotatable bonds is 3. The van der Waals surface area contributed by atoms with Crippen LogP contribution in [0.1, 0.15) is 42.8 Å². The Morgan fingerprint density at radius 3 is 3.05 bits per heavy atom. The minimum atomic E-state index is 0.234. The molecular formula is C15H19N3O. The molecule has 0 bridgehead atoms. The van der Waals surface area contributed by atoms with Gasteiger partial charge in [0.2, 0.25) is 0 Å². The van der Waals surface area contributed by atoms with Crippen molar-refractivity contribution in [3.8, 4) is 0 Å². The lowest BCUT2D eigenvalue weighted by molar-refractivity contribution is 0.375. The molecule has 19 heavy (non-hydrogen) atoms. The van der Waals surface area contributed by atoms with Crippen molar-refractivity contribution in [1.82, 2.24) is 15.5 Å². The monoisotopic (exact) mass is 257 g/mol. The maximum atomic E-state index is 4.90. The molecule has 3 rings (SSSR count). The molecule has 0 saturated carbocycles. The van der Waals surface area contributed by atoms with Crippen LogP contribution in [0.15, 0.2) is 35.2 Å². The van der Waals surface area contributed by atoms with Crippen LogP contribution in [0.4, 0.5) is 0 Å². The number of hydrogen-bond donors (Lipinski definition) is 1. The van der Waals surface area contributed by atoms with Crippen LogP contribution in [0.2, 0.25) is 0 Å². The summed E-state index contributed by atoms with van der Waals surface area (Å²) in [5.41, 5.74) is 3.64. The molecule has 4 heteroatoms. The first-order chi connectivity index (χ1) is 9.33. The van der Waals surface area contributed by atoms with Gasteiger partial charge in [0.05, 0.1) is 6.04 Å². The molecule has 0 spiro atoms. The van der Waals surface area contributed by atoms with Crippen LogP contribution in [0.25, 0.3) is 0 Å². The van der Waals surface area contributed by atoms with Crippen molar-refractivity contribution in [2.75, 3.05) is 0 Å². The van der Waals surface area contributed by atoms with Crippen LogP contribution >= 0.6 is 0 Å². The fourth-order valence-electron chi connectivity index (χ4n) is 2.76. The van der Waals surface area contributed by atoms with Gasteiger partial charge in [0.1, 0.15) is 12.0 Å². The highest BCUT2D eigenvalue weighted by atomic mass is 16.5. The Labute approximate surface area is 113 Å². The highest BCUT2D eigenvalue weighted by molar-refractivity contribution is 5.21. The van der Waals surface area contributed by atoms with Gasteiger partial charge in [-0.15, -0.1) is 0 Å². The molecule has 1 aliphatic carbocycles. The average molecular weight is 257 g/mol. The van der Waals surface area contributed by atoms with Gasteiger partial charge in [-0.1, -0.05) is 11.2 Å². The second kappa shape index (κ2) is 5.53. The van der Waals surface area contributed by atoms with Crippen molar-refractivity contribution >= 4 is 0 Å².